The fourth-order valence-corrected chi connectivity index (χ4v) is 3.45. The van der Waals surface area contributed by atoms with E-state index in [9.17, 15) is 0 Å². The first-order valence-corrected chi connectivity index (χ1v) is 11.0. The number of rotatable bonds is 9. The van der Waals surface area contributed by atoms with E-state index in [1.807, 2.05) is 19.1 Å². The number of hydrogen-bond donors (Lipinski definition) is 3. The summed E-state index contributed by atoms with van der Waals surface area (Å²) in [6.45, 7) is 7.18. The molecule has 1 atom stereocenters. The molecule has 178 valence electrons. The maximum atomic E-state index is 6.09. The summed E-state index contributed by atoms with van der Waals surface area (Å²) in [7, 11) is 0. The lowest BCUT2D eigenvalue weighted by Gasteiger charge is -2.15. The van der Waals surface area contributed by atoms with E-state index in [1.165, 1.54) is 0 Å². The molecule has 3 heterocycles. The summed E-state index contributed by atoms with van der Waals surface area (Å²) in [5.41, 5.74) is 2.19. The van der Waals surface area contributed by atoms with Gasteiger partial charge in [-0.1, -0.05) is 12.1 Å². The van der Waals surface area contributed by atoms with Crippen LogP contribution < -0.4 is 15.4 Å². The van der Waals surface area contributed by atoms with Gasteiger partial charge in [0.1, 0.15) is 18.2 Å². The van der Waals surface area contributed by atoms with E-state index in [2.05, 4.69) is 50.9 Å². The van der Waals surface area contributed by atoms with E-state index in [4.69, 9.17) is 18.9 Å². The lowest BCUT2D eigenvalue weighted by Crippen LogP contribution is -2.37. The molecule has 0 spiro atoms. The number of H-pyrrole nitrogens is 1. The van der Waals surface area contributed by atoms with E-state index in [1.54, 1.807) is 6.26 Å². The van der Waals surface area contributed by atoms with Crippen LogP contribution >= 0.6 is 24.0 Å². The van der Waals surface area contributed by atoms with Crippen molar-refractivity contribution in [2.24, 2.45) is 4.99 Å². The van der Waals surface area contributed by atoms with E-state index in [0.717, 1.165) is 42.9 Å². The number of ether oxygens (including phenoxy) is 2. The zero-order valence-electron chi connectivity index (χ0n) is 19.0. The first-order valence-electron chi connectivity index (χ1n) is 11.0. The second-order valence-electron chi connectivity index (χ2n) is 7.69. The minimum Gasteiger partial charge on any atom is -0.491 e. The first-order chi connectivity index (χ1) is 15.7. The summed E-state index contributed by atoms with van der Waals surface area (Å²) in [6.07, 6.45) is 3.93. The van der Waals surface area contributed by atoms with Crippen molar-refractivity contribution in [2.75, 3.05) is 19.8 Å². The molecule has 1 aliphatic heterocycles. The molecule has 1 unspecified atom stereocenters. The molecule has 1 aliphatic rings. The number of furan rings is 1. The Morgan fingerprint density at radius 2 is 2.21 bits per heavy atom. The highest BCUT2D eigenvalue weighted by atomic mass is 127. The largest absolute Gasteiger partial charge is 0.491 e. The molecular formula is C23H31IN6O3. The number of aromatic amines is 1. The number of hydrogen-bond acceptors (Lipinski definition) is 6. The van der Waals surface area contributed by atoms with Crippen LogP contribution in [0.1, 0.15) is 36.7 Å². The van der Waals surface area contributed by atoms with Gasteiger partial charge in [-0.15, -0.1) is 29.1 Å². The van der Waals surface area contributed by atoms with Crippen LogP contribution in [0.5, 0.6) is 5.75 Å². The van der Waals surface area contributed by atoms with Crippen LogP contribution in [0.25, 0.3) is 11.6 Å². The summed E-state index contributed by atoms with van der Waals surface area (Å²) in [5, 5.41) is 13.7. The third-order valence-corrected chi connectivity index (χ3v) is 5.12. The zero-order chi connectivity index (χ0) is 22.2. The van der Waals surface area contributed by atoms with Gasteiger partial charge in [-0.2, -0.15) is 0 Å². The summed E-state index contributed by atoms with van der Waals surface area (Å²) in [4.78, 5) is 9.18. The lowest BCUT2D eigenvalue weighted by atomic mass is 10.1. The van der Waals surface area contributed by atoms with Crippen molar-refractivity contribution in [3.63, 3.8) is 0 Å². The molecule has 2 aromatic heterocycles. The molecule has 3 N–H and O–H groups in total. The van der Waals surface area contributed by atoms with Gasteiger partial charge in [0.2, 0.25) is 5.82 Å². The minimum atomic E-state index is 0. The summed E-state index contributed by atoms with van der Waals surface area (Å²) in [6, 6.07) is 9.84. The molecule has 3 aromatic rings. The molecule has 9 nitrogen and oxygen atoms in total. The fraction of sp³-hybridized carbons (Fsp3) is 0.435. The number of benzene rings is 1. The molecular weight excluding hydrogens is 535 g/mol. The molecule has 10 heteroatoms. The molecule has 0 radical (unpaired) electrons. The van der Waals surface area contributed by atoms with Gasteiger partial charge in [0.25, 0.3) is 0 Å². The Hall–Kier alpha value is -2.60. The first kappa shape index (κ1) is 25.0. The second kappa shape index (κ2) is 12.6. The summed E-state index contributed by atoms with van der Waals surface area (Å²) >= 11 is 0. The second-order valence-corrected chi connectivity index (χ2v) is 7.69. The van der Waals surface area contributed by atoms with Gasteiger partial charge in [0, 0.05) is 18.7 Å². The van der Waals surface area contributed by atoms with Crippen molar-refractivity contribution in [1.29, 1.82) is 0 Å². The van der Waals surface area contributed by atoms with Gasteiger partial charge in [0.15, 0.2) is 11.7 Å². The molecule has 0 amide bonds. The number of guanidine groups is 1. The Morgan fingerprint density at radius 3 is 2.97 bits per heavy atom. The Bertz CT molecular complexity index is 1020. The Morgan fingerprint density at radius 1 is 1.30 bits per heavy atom. The smallest absolute Gasteiger partial charge is 0.216 e. The summed E-state index contributed by atoms with van der Waals surface area (Å²) < 4.78 is 17.1. The third kappa shape index (κ3) is 7.19. The highest BCUT2D eigenvalue weighted by molar-refractivity contribution is 14.0. The van der Waals surface area contributed by atoms with E-state index in [-0.39, 0.29) is 30.1 Å². The van der Waals surface area contributed by atoms with Gasteiger partial charge in [-0.25, -0.2) is 9.98 Å². The third-order valence-electron chi connectivity index (χ3n) is 5.12. The maximum absolute atomic E-state index is 6.09. The Balaban J connectivity index is 0.00000306. The Kier molecular flexibility index (Phi) is 9.55. The van der Waals surface area contributed by atoms with Crippen molar-refractivity contribution >= 4 is 29.9 Å². The standard InChI is InChI=1S/C23H30N6O3.HI/c1-3-24-23(26-14-21-27-22(29-28-21)19-7-5-11-31-19)25-13-17-9-8-16(2)12-20(17)32-15-18-6-4-10-30-18;/h5,7-9,11-12,18H,3-4,6,10,13-15H2,1-2H3,(H2,24,25,26)(H,27,28,29);1H. The van der Waals surface area contributed by atoms with Crippen LogP contribution in [0.2, 0.25) is 0 Å². The van der Waals surface area contributed by atoms with Crippen LogP contribution in [0.15, 0.2) is 46.0 Å². The predicted molar refractivity (Wildman–Crippen MR) is 137 cm³/mol. The molecule has 33 heavy (non-hydrogen) atoms. The normalized spacial score (nSPS) is 15.8. The SMILES string of the molecule is CCNC(=NCc1ccc(C)cc1OCC1CCCO1)NCc1nc(-c2ccco2)n[nH]1.I. The van der Waals surface area contributed by atoms with Crippen LogP contribution in [0, 0.1) is 6.92 Å². The van der Waals surface area contributed by atoms with Gasteiger partial charge in [-0.05, 0) is 50.5 Å². The van der Waals surface area contributed by atoms with Crippen molar-refractivity contribution in [3.05, 3.63) is 53.5 Å². The zero-order valence-corrected chi connectivity index (χ0v) is 21.3. The number of halogens is 1. The number of aromatic nitrogens is 3. The van der Waals surface area contributed by atoms with Crippen LogP contribution in [-0.4, -0.2) is 47.0 Å². The van der Waals surface area contributed by atoms with Crippen molar-refractivity contribution in [2.45, 2.75) is 45.9 Å². The molecule has 1 aromatic carbocycles. The van der Waals surface area contributed by atoms with Gasteiger partial charge >= 0.3 is 0 Å². The van der Waals surface area contributed by atoms with Crippen LogP contribution in [0.4, 0.5) is 0 Å². The Labute approximate surface area is 210 Å². The summed E-state index contributed by atoms with van der Waals surface area (Å²) in [5.74, 6) is 3.40. The predicted octanol–water partition coefficient (Wildman–Crippen LogP) is 3.80. The van der Waals surface area contributed by atoms with E-state index >= 15 is 0 Å². The average Bonchev–Trinajstić information content (AvgIpc) is 3.57. The van der Waals surface area contributed by atoms with Gasteiger partial charge < -0.3 is 24.5 Å². The number of nitrogens with one attached hydrogen (secondary N) is 3. The quantitative estimate of drug-likeness (QED) is 0.205. The topological polar surface area (TPSA) is 110 Å². The number of aliphatic imine (C=N–C) groups is 1. The highest BCUT2D eigenvalue weighted by Gasteiger charge is 2.17. The average molecular weight is 566 g/mol. The molecule has 1 fully saturated rings. The van der Waals surface area contributed by atoms with Crippen molar-refractivity contribution in [1.82, 2.24) is 25.8 Å². The van der Waals surface area contributed by atoms with E-state index in [0.29, 0.717) is 43.1 Å². The molecule has 1 saturated heterocycles. The van der Waals surface area contributed by atoms with Gasteiger partial charge in [0.05, 0.1) is 25.5 Å². The monoisotopic (exact) mass is 566 g/mol. The number of nitrogens with zero attached hydrogens (tertiary/aromatic N) is 3. The van der Waals surface area contributed by atoms with Crippen LogP contribution in [0.3, 0.4) is 0 Å². The highest BCUT2D eigenvalue weighted by Crippen LogP contribution is 2.23. The van der Waals surface area contributed by atoms with Gasteiger partial charge in [-0.3, -0.25) is 5.10 Å². The molecule has 0 bridgehead atoms. The lowest BCUT2D eigenvalue weighted by molar-refractivity contribution is 0.0676. The fourth-order valence-electron chi connectivity index (χ4n) is 3.45. The maximum Gasteiger partial charge on any atom is 0.216 e. The molecule has 0 saturated carbocycles. The molecule has 4 rings (SSSR count). The van der Waals surface area contributed by atoms with E-state index < -0.39 is 0 Å². The number of aryl methyl sites for hydroxylation is 1. The molecule has 0 aliphatic carbocycles. The van der Waals surface area contributed by atoms with Crippen molar-refractivity contribution in [3.8, 4) is 17.3 Å². The van der Waals surface area contributed by atoms with Crippen molar-refractivity contribution < 1.29 is 13.9 Å². The minimum absolute atomic E-state index is 0. The van der Waals surface area contributed by atoms with Crippen LogP contribution in [-0.2, 0) is 17.8 Å².